The fraction of sp³-hybridized carbons (Fsp3) is 0.452. The van der Waals surface area contributed by atoms with E-state index < -0.39 is 34.1 Å². The number of thioether (sulfide) groups is 1. The molecule has 3 aliphatic rings. The summed E-state index contributed by atoms with van der Waals surface area (Å²) in [7, 11) is -4.14. The minimum Gasteiger partial charge on any atom is -0.489 e. The summed E-state index contributed by atoms with van der Waals surface area (Å²) in [5.74, 6) is 0.360. The topological polar surface area (TPSA) is 120 Å². The van der Waals surface area contributed by atoms with Crippen LogP contribution in [-0.4, -0.2) is 85.9 Å². The van der Waals surface area contributed by atoms with E-state index in [0.717, 1.165) is 28.9 Å². The Morgan fingerprint density at radius 3 is 2.46 bits per heavy atom. The monoisotopic (exact) mass is 744 g/mol. The van der Waals surface area contributed by atoms with E-state index >= 15 is 0 Å². The van der Waals surface area contributed by atoms with Crippen molar-refractivity contribution in [3.05, 3.63) is 70.1 Å². The first kappa shape index (κ1) is 34.9. The van der Waals surface area contributed by atoms with Crippen molar-refractivity contribution >= 4 is 56.8 Å². The smallest absolute Gasteiger partial charge is 0.387 e. The highest BCUT2D eigenvalue weighted by Gasteiger charge is 2.42. The van der Waals surface area contributed by atoms with Gasteiger partial charge in [-0.05, 0) is 54.2 Å². The number of carbonyl (C=O) groups excluding carboxylic acids is 1. The third kappa shape index (κ3) is 8.25. The van der Waals surface area contributed by atoms with Crippen LogP contribution >= 0.6 is 35.0 Å². The molecule has 11 nitrogen and oxygen atoms in total. The van der Waals surface area contributed by atoms with Gasteiger partial charge in [-0.2, -0.15) is 13.1 Å². The molecule has 3 aromatic rings. The number of rotatable bonds is 13. The number of carbonyl (C=O) groups is 1. The lowest BCUT2D eigenvalue weighted by Crippen LogP contribution is -2.41. The van der Waals surface area contributed by atoms with Crippen molar-refractivity contribution in [3.8, 4) is 11.5 Å². The lowest BCUT2D eigenvalue weighted by molar-refractivity contribution is -0.150. The van der Waals surface area contributed by atoms with Gasteiger partial charge in [-0.1, -0.05) is 29.3 Å². The molecule has 17 heteroatoms. The van der Waals surface area contributed by atoms with Crippen LogP contribution in [0.3, 0.4) is 0 Å². The van der Waals surface area contributed by atoms with Crippen LogP contribution in [0.15, 0.2) is 53.8 Å². The number of aromatic nitrogens is 2. The maximum Gasteiger partial charge on any atom is 0.387 e. The average molecular weight is 746 g/mol. The van der Waals surface area contributed by atoms with E-state index in [4.69, 9.17) is 37.4 Å². The highest BCUT2D eigenvalue weighted by atomic mass is 35.5. The van der Waals surface area contributed by atoms with Gasteiger partial charge < -0.3 is 23.8 Å². The zero-order valence-electron chi connectivity index (χ0n) is 25.5. The summed E-state index contributed by atoms with van der Waals surface area (Å²) in [6, 6.07) is 7.37. The molecule has 258 valence electrons. The lowest BCUT2D eigenvalue weighted by Gasteiger charge is -2.28. The zero-order valence-corrected chi connectivity index (χ0v) is 28.6. The van der Waals surface area contributed by atoms with Crippen molar-refractivity contribution in [2.24, 2.45) is 5.92 Å². The molecule has 0 N–H and O–H groups in total. The quantitative estimate of drug-likeness (QED) is 0.204. The molecule has 0 bridgehead atoms. The Kier molecular flexibility index (Phi) is 11.1. The minimum absolute atomic E-state index is 0.0277. The third-order valence-electron chi connectivity index (χ3n) is 8.04. The van der Waals surface area contributed by atoms with Crippen LogP contribution < -0.4 is 14.4 Å². The van der Waals surface area contributed by atoms with Crippen LogP contribution in [0.2, 0.25) is 10.0 Å². The van der Waals surface area contributed by atoms with Crippen molar-refractivity contribution in [1.29, 1.82) is 0 Å². The molecule has 1 saturated carbocycles. The van der Waals surface area contributed by atoms with Gasteiger partial charge in [0.25, 0.3) is 0 Å². The number of alkyl halides is 2. The molecule has 48 heavy (non-hydrogen) atoms. The summed E-state index contributed by atoms with van der Waals surface area (Å²) in [6.45, 7) is -0.307. The summed E-state index contributed by atoms with van der Waals surface area (Å²) in [4.78, 5) is 24.1. The molecule has 0 amide bonds. The van der Waals surface area contributed by atoms with Gasteiger partial charge in [0, 0.05) is 50.4 Å². The number of ether oxygens (including phenoxy) is 4. The molecular weight excluding hydrogens is 713 g/mol. The van der Waals surface area contributed by atoms with Crippen LogP contribution in [0.5, 0.6) is 11.5 Å². The number of nitrogens with zero attached hydrogens (tertiary/aromatic N) is 4. The van der Waals surface area contributed by atoms with Gasteiger partial charge in [0.15, 0.2) is 16.9 Å². The summed E-state index contributed by atoms with van der Waals surface area (Å²) in [5.41, 5.74) is 0.800. The third-order valence-corrected chi connectivity index (χ3v) is 11.9. The summed E-state index contributed by atoms with van der Waals surface area (Å²) >= 11 is 14.0. The van der Waals surface area contributed by atoms with Crippen LogP contribution in [0.4, 0.5) is 14.6 Å². The number of esters is 1. The van der Waals surface area contributed by atoms with Crippen molar-refractivity contribution in [3.63, 3.8) is 0 Å². The molecule has 0 radical (unpaired) electrons. The number of benzene rings is 1. The van der Waals surface area contributed by atoms with E-state index in [1.807, 2.05) is 4.90 Å². The molecule has 2 aliphatic heterocycles. The number of morpholine rings is 1. The van der Waals surface area contributed by atoms with E-state index in [1.165, 1.54) is 42.9 Å². The molecule has 0 unspecified atom stereocenters. The first-order valence-electron chi connectivity index (χ1n) is 15.2. The Morgan fingerprint density at radius 2 is 1.79 bits per heavy atom. The van der Waals surface area contributed by atoms with E-state index in [-0.39, 0.29) is 39.4 Å². The Hall–Kier alpha value is -2.95. The van der Waals surface area contributed by atoms with Gasteiger partial charge in [-0.15, -0.1) is 11.8 Å². The second kappa shape index (κ2) is 15.3. The lowest BCUT2D eigenvalue weighted by atomic mass is 10.0. The minimum atomic E-state index is -4.14. The first-order valence-corrected chi connectivity index (χ1v) is 18.5. The molecule has 6 rings (SSSR count). The van der Waals surface area contributed by atoms with Crippen LogP contribution in [0, 0.1) is 5.92 Å². The van der Waals surface area contributed by atoms with Crippen molar-refractivity contribution in [2.45, 2.75) is 42.2 Å². The predicted octanol–water partition coefficient (Wildman–Crippen LogP) is 5.60. The molecule has 2 atom stereocenters. The Bertz CT molecular complexity index is 1700. The fourth-order valence-corrected chi connectivity index (χ4v) is 8.81. The second-order valence-electron chi connectivity index (χ2n) is 11.3. The SMILES string of the molecule is O=C(O[C@@H](Cc1c(Cl)cncc1Cl)c1ccc(OC(F)F)c(OCC2CC2)c1)[C@@H]1SCCN1S(=O)(=O)c1ccc(N2CCOCC2)nc1. The van der Waals surface area contributed by atoms with Gasteiger partial charge in [0.2, 0.25) is 10.0 Å². The molecule has 1 aliphatic carbocycles. The Balaban J connectivity index is 1.26. The molecule has 3 fully saturated rings. The number of hydrogen-bond acceptors (Lipinski definition) is 11. The van der Waals surface area contributed by atoms with Crippen LogP contribution in [-0.2, 0) is 30.7 Å². The predicted molar refractivity (Wildman–Crippen MR) is 175 cm³/mol. The van der Waals surface area contributed by atoms with Crippen molar-refractivity contribution < 1.29 is 40.9 Å². The van der Waals surface area contributed by atoms with Crippen LogP contribution in [0.1, 0.15) is 30.1 Å². The number of sulfonamides is 1. The van der Waals surface area contributed by atoms with Gasteiger partial charge in [-0.3, -0.25) is 4.98 Å². The molecule has 2 saturated heterocycles. The van der Waals surface area contributed by atoms with E-state index in [0.29, 0.717) is 61.5 Å². The molecular formula is C31H32Cl2F2N4O7S2. The molecule has 0 spiro atoms. The summed E-state index contributed by atoms with van der Waals surface area (Å²) < 4.78 is 77.0. The zero-order chi connectivity index (χ0) is 33.8. The first-order chi connectivity index (χ1) is 23.1. The molecule has 4 heterocycles. The Morgan fingerprint density at radius 1 is 1.04 bits per heavy atom. The second-order valence-corrected chi connectivity index (χ2v) is 15.2. The number of halogens is 4. The average Bonchev–Trinajstić information content (AvgIpc) is 3.77. The van der Waals surface area contributed by atoms with Gasteiger partial charge >= 0.3 is 12.6 Å². The summed E-state index contributed by atoms with van der Waals surface area (Å²) in [5, 5.41) is -0.760. The van der Waals surface area contributed by atoms with Gasteiger partial charge in [0.05, 0.1) is 29.9 Å². The number of pyridine rings is 2. The maximum absolute atomic E-state index is 13.8. The number of anilines is 1. The molecule has 2 aromatic heterocycles. The standard InChI is InChI=1S/C31H32Cl2F2N4O7S2/c32-23-16-36-17-24(33)22(23)14-26(20-3-5-25(46-31(34)35)27(13-20)44-18-19-1-2-19)45-30(40)29-39(9-12-47-29)48(41,42)21-4-6-28(37-15-21)38-7-10-43-11-8-38/h3-6,13,15-17,19,26,29,31H,1-2,7-12,14,18H2/t26-,29-/m0/s1. The normalized spacial score (nSPS) is 19.4. The largest absolute Gasteiger partial charge is 0.489 e. The molecule has 1 aromatic carbocycles. The van der Waals surface area contributed by atoms with Crippen LogP contribution in [0.25, 0.3) is 0 Å². The Labute approximate surface area is 290 Å². The highest BCUT2D eigenvalue weighted by Crippen LogP contribution is 2.39. The van der Waals surface area contributed by atoms with E-state index in [2.05, 4.69) is 14.7 Å². The number of hydrogen-bond donors (Lipinski definition) is 0. The van der Waals surface area contributed by atoms with E-state index in [9.17, 15) is 22.0 Å². The maximum atomic E-state index is 13.8. The van der Waals surface area contributed by atoms with Crippen molar-refractivity contribution in [2.75, 3.05) is 50.1 Å². The van der Waals surface area contributed by atoms with Gasteiger partial charge in [-0.25, -0.2) is 18.2 Å². The highest BCUT2D eigenvalue weighted by molar-refractivity contribution is 8.02. The van der Waals surface area contributed by atoms with E-state index in [1.54, 1.807) is 6.07 Å². The fourth-order valence-electron chi connectivity index (χ4n) is 5.29. The summed E-state index contributed by atoms with van der Waals surface area (Å²) in [6.07, 6.45) is 4.91. The van der Waals surface area contributed by atoms with Gasteiger partial charge in [0.1, 0.15) is 16.8 Å². The van der Waals surface area contributed by atoms with Crippen molar-refractivity contribution in [1.82, 2.24) is 14.3 Å².